The molecule has 0 spiro atoms. The van der Waals surface area contributed by atoms with Gasteiger partial charge in [-0.1, -0.05) is 12.1 Å². The Morgan fingerprint density at radius 2 is 1.75 bits per heavy atom. The van der Waals surface area contributed by atoms with Gasteiger partial charge in [0.05, 0.1) is 11.0 Å². The van der Waals surface area contributed by atoms with Gasteiger partial charge in [-0.15, -0.1) is 0 Å². The minimum absolute atomic E-state index is 0.331. The van der Waals surface area contributed by atoms with Crippen molar-refractivity contribution in [1.29, 1.82) is 0 Å². The second-order valence-corrected chi connectivity index (χ2v) is 4.31. The second kappa shape index (κ2) is 4.41. The summed E-state index contributed by atoms with van der Waals surface area (Å²) >= 11 is 0. The van der Waals surface area contributed by atoms with E-state index in [0.29, 0.717) is 28.0 Å². The third-order valence-electron chi connectivity index (χ3n) is 2.97. The van der Waals surface area contributed by atoms with E-state index in [1.54, 1.807) is 24.3 Å². The summed E-state index contributed by atoms with van der Waals surface area (Å²) < 4.78 is 26.2. The summed E-state index contributed by atoms with van der Waals surface area (Å²) in [6.07, 6.45) is 0. The number of benzene rings is 2. The van der Waals surface area contributed by atoms with E-state index < -0.39 is 17.5 Å². The van der Waals surface area contributed by atoms with E-state index >= 15 is 0 Å². The van der Waals surface area contributed by atoms with E-state index in [9.17, 15) is 13.6 Å². The van der Waals surface area contributed by atoms with Crippen molar-refractivity contribution in [2.75, 3.05) is 0 Å². The number of fused-ring (bicyclic) bond motifs is 1. The first-order valence-corrected chi connectivity index (χ1v) is 5.79. The molecular formula is C14H9F2N3O. The van der Waals surface area contributed by atoms with Crippen LogP contribution in [0.25, 0.3) is 22.4 Å². The molecule has 0 atom stereocenters. The summed E-state index contributed by atoms with van der Waals surface area (Å²) in [6.45, 7) is 0. The molecule has 0 bridgehead atoms. The van der Waals surface area contributed by atoms with Crippen LogP contribution in [0.4, 0.5) is 8.78 Å². The average Bonchev–Trinajstić information content (AvgIpc) is 2.82. The number of H-pyrrole nitrogens is 1. The van der Waals surface area contributed by atoms with E-state index in [1.165, 1.54) is 0 Å². The van der Waals surface area contributed by atoms with Gasteiger partial charge < -0.3 is 10.7 Å². The number of carbonyl (C=O) groups is 1. The van der Waals surface area contributed by atoms with Crippen molar-refractivity contribution in [1.82, 2.24) is 9.97 Å². The number of carbonyl (C=O) groups excluding carboxylic acids is 1. The fraction of sp³-hybridized carbons (Fsp3) is 0. The molecule has 3 N–H and O–H groups in total. The van der Waals surface area contributed by atoms with Crippen molar-refractivity contribution >= 4 is 16.9 Å². The highest BCUT2D eigenvalue weighted by molar-refractivity contribution is 5.93. The Bertz CT molecular complexity index is 770. The molecule has 100 valence electrons. The molecule has 0 saturated carbocycles. The maximum Gasteiger partial charge on any atom is 0.248 e. The molecule has 3 rings (SSSR count). The predicted molar refractivity (Wildman–Crippen MR) is 70.0 cm³/mol. The maximum atomic E-state index is 13.1. The van der Waals surface area contributed by atoms with Gasteiger partial charge in [-0.25, -0.2) is 13.8 Å². The van der Waals surface area contributed by atoms with Gasteiger partial charge >= 0.3 is 0 Å². The topological polar surface area (TPSA) is 71.8 Å². The lowest BCUT2D eigenvalue weighted by molar-refractivity contribution is 0.100. The van der Waals surface area contributed by atoms with Gasteiger partial charge in [0.2, 0.25) is 5.91 Å². The Morgan fingerprint density at radius 3 is 2.40 bits per heavy atom. The Balaban J connectivity index is 2.07. The predicted octanol–water partition coefficient (Wildman–Crippen LogP) is 2.61. The highest BCUT2D eigenvalue weighted by Gasteiger charge is 2.10. The van der Waals surface area contributed by atoms with Crippen LogP contribution in [0, 0.1) is 11.6 Å². The molecule has 0 aliphatic heterocycles. The summed E-state index contributed by atoms with van der Waals surface area (Å²) in [6, 6.07) is 8.52. The molecule has 2 aromatic carbocycles. The molecule has 3 aromatic rings. The minimum Gasteiger partial charge on any atom is -0.366 e. The van der Waals surface area contributed by atoms with Crippen LogP contribution in [0.1, 0.15) is 10.4 Å². The van der Waals surface area contributed by atoms with Gasteiger partial charge in [0.25, 0.3) is 0 Å². The summed E-state index contributed by atoms with van der Waals surface area (Å²) in [7, 11) is 0. The van der Waals surface area contributed by atoms with Crippen molar-refractivity contribution in [2.45, 2.75) is 0 Å². The largest absolute Gasteiger partial charge is 0.366 e. The van der Waals surface area contributed by atoms with Crippen molar-refractivity contribution in [3.63, 3.8) is 0 Å². The molecule has 0 saturated heterocycles. The number of nitrogens with one attached hydrogen (secondary N) is 1. The number of rotatable bonds is 2. The fourth-order valence-electron chi connectivity index (χ4n) is 1.93. The standard InChI is InChI=1S/C14H9F2N3O/c15-9-5-11-12(6-10(9)16)19-14(18-11)8-3-1-7(2-4-8)13(17)20/h1-6H,(H2,17,20)(H,18,19). The van der Waals surface area contributed by atoms with Gasteiger partial charge in [-0.2, -0.15) is 0 Å². The quantitative estimate of drug-likeness (QED) is 0.753. The summed E-state index contributed by atoms with van der Waals surface area (Å²) in [4.78, 5) is 18.1. The smallest absolute Gasteiger partial charge is 0.248 e. The second-order valence-electron chi connectivity index (χ2n) is 4.31. The Hall–Kier alpha value is -2.76. The highest BCUT2D eigenvalue weighted by atomic mass is 19.2. The zero-order valence-electron chi connectivity index (χ0n) is 10.2. The van der Waals surface area contributed by atoms with E-state index in [-0.39, 0.29) is 0 Å². The third kappa shape index (κ3) is 2.01. The first kappa shape index (κ1) is 12.3. The zero-order valence-corrected chi connectivity index (χ0v) is 10.2. The molecule has 20 heavy (non-hydrogen) atoms. The van der Waals surface area contributed by atoms with Gasteiger partial charge in [0.1, 0.15) is 5.82 Å². The summed E-state index contributed by atoms with van der Waals surface area (Å²) in [5.74, 6) is -1.94. The van der Waals surface area contributed by atoms with Gasteiger partial charge in [0, 0.05) is 23.3 Å². The summed E-state index contributed by atoms with van der Waals surface area (Å²) in [5.41, 5.74) is 6.95. The van der Waals surface area contributed by atoms with Crippen molar-refractivity contribution in [3.05, 3.63) is 53.6 Å². The first-order valence-electron chi connectivity index (χ1n) is 5.79. The number of nitrogens with two attached hydrogens (primary N) is 1. The zero-order chi connectivity index (χ0) is 14.3. The van der Waals surface area contributed by atoms with Gasteiger partial charge in [-0.05, 0) is 12.1 Å². The normalized spacial score (nSPS) is 10.9. The highest BCUT2D eigenvalue weighted by Crippen LogP contribution is 2.22. The van der Waals surface area contributed by atoms with Gasteiger partial charge in [-0.3, -0.25) is 4.79 Å². The van der Waals surface area contributed by atoms with Crippen LogP contribution in [0.2, 0.25) is 0 Å². The SMILES string of the molecule is NC(=O)c1ccc(-c2nc3cc(F)c(F)cc3[nH]2)cc1. The molecule has 0 unspecified atom stereocenters. The maximum absolute atomic E-state index is 13.1. The number of amides is 1. The van der Waals surface area contributed by atoms with Crippen LogP contribution < -0.4 is 5.73 Å². The fourth-order valence-corrected chi connectivity index (χ4v) is 1.93. The number of imidazole rings is 1. The number of hydrogen-bond donors (Lipinski definition) is 2. The lowest BCUT2D eigenvalue weighted by Crippen LogP contribution is -2.10. The van der Waals surface area contributed by atoms with Crippen LogP contribution >= 0.6 is 0 Å². The van der Waals surface area contributed by atoms with Crippen molar-refractivity contribution < 1.29 is 13.6 Å². The lowest BCUT2D eigenvalue weighted by Gasteiger charge is -1.98. The number of primary amides is 1. The van der Waals surface area contributed by atoms with Crippen molar-refractivity contribution in [2.24, 2.45) is 5.73 Å². The van der Waals surface area contributed by atoms with Crippen LogP contribution in [0.3, 0.4) is 0 Å². The molecule has 0 fully saturated rings. The molecular weight excluding hydrogens is 264 g/mol. The van der Waals surface area contributed by atoms with Crippen LogP contribution in [0.15, 0.2) is 36.4 Å². The number of halogens is 2. The minimum atomic E-state index is -0.945. The number of hydrogen-bond acceptors (Lipinski definition) is 2. The lowest BCUT2D eigenvalue weighted by atomic mass is 10.1. The van der Waals surface area contributed by atoms with E-state index in [1.807, 2.05) is 0 Å². The summed E-state index contributed by atoms with van der Waals surface area (Å²) in [5, 5.41) is 0. The first-order chi connectivity index (χ1) is 9.54. The molecule has 1 aromatic heterocycles. The molecule has 0 radical (unpaired) electrons. The number of nitrogens with zero attached hydrogens (tertiary/aromatic N) is 1. The van der Waals surface area contributed by atoms with Crippen LogP contribution in [0.5, 0.6) is 0 Å². The molecule has 0 aliphatic carbocycles. The molecule has 1 heterocycles. The number of aromatic nitrogens is 2. The third-order valence-corrected chi connectivity index (χ3v) is 2.97. The monoisotopic (exact) mass is 273 g/mol. The average molecular weight is 273 g/mol. The van der Waals surface area contributed by atoms with E-state index in [4.69, 9.17) is 5.73 Å². The van der Waals surface area contributed by atoms with Crippen LogP contribution in [-0.2, 0) is 0 Å². The Morgan fingerprint density at radius 1 is 1.10 bits per heavy atom. The van der Waals surface area contributed by atoms with Gasteiger partial charge in [0.15, 0.2) is 11.6 Å². The Kier molecular flexibility index (Phi) is 2.71. The molecule has 1 amide bonds. The number of aromatic amines is 1. The van der Waals surface area contributed by atoms with E-state index in [2.05, 4.69) is 9.97 Å². The van der Waals surface area contributed by atoms with E-state index in [0.717, 1.165) is 12.1 Å². The van der Waals surface area contributed by atoms with Crippen molar-refractivity contribution in [3.8, 4) is 11.4 Å². The molecule has 0 aliphatic rings. The van der Waals surface area contributed by atoms with Crippen LogP contribution in [-0.4, -0.2) is 15.9 Å². The Labute approximate surface area is 112 Å². The molecule has 4 nitrogen and oxygen atoms in total. The molecule has 6 heteroatoms.